The van der Waals surface area contributed by atoms with Gasteiger partial charge in [0.1, 0.15) is 0 Å². The molecule has 0 aromatic heterocycles. The number of carbonyl (C=O) groups is 1. The maximum Gasteiger partial charge on any atom is 0.240 e. The molecule has 1 amide bonds. The summed E-state index contributed by atoms with van der Waals surface area (Å²) in [6.45, 7) is 2.33. The van der Waals surface area contributed by atoms with Crippen LogP contribution in [0, 0.1) is 0 Å². The first-order valence-electron chi connectivity index (χ1n) is 6.32. The largest absolute Gasteiger partial charge is 0.314 e. The molecule has 0 unspecified atom stereocenters. The molecule has 0 radical (unpaired) electrons. The van der Waals surface area contributed by atoms with Crippen molar-refractivity contribution in [2.75, 3.05) is 39.1 Å². The van der Waals surface area contributed by atoms with Crippen molar-refractivity contribution in [3.05, 3.63) is 29.3 Å². The first-order chi connectivity index (χ1) is 8.59. The van der Waals surface area contributed by atoms with Crippen molar-refractivity contribution in [2.24, 2.45) is 0 Å². The van der Waals surface area contributed by atoms with E-state index in [0.717, 1.165) is 25.2 Å². The van der Waals surface area contributed by atoms with Crippen LogP contribution in [0.25, 0.3) is 0 Å². The van der Waals surface area contributed by atoms with Crippen LogP contribution in [-0.4, -0.2) is 45.0 Å². The average molecular weight is 247 g/mol. The Morgan fingerprint density at radius 2 is 2.11 bits per heavy atom. The molecule has 1 aromatic rings. The van der Waals surface area contributed by atoms with E-state index in [-0.39, 0.29) is 5.91 Å². The number of likely N-dealkylation sites (N-methyl/N-ethyl adjacent to an activating group) is 2. The first-order valence-corrected chi connectivity index (χ1v) is 6.32. The molecule has 0 atom stereocenters. The van der Waals surface area contributed by atoms with Gasteiger partial charge in [0.15, 0.2) is 0 Å². The molecule has 0 spiro atoms. The van der Waals surface area contributed by atoms with E-state index < -0.39 is 0 Å². The maximum atomic E-state index is 12.1. The van der Waals surface area contributed by atoms with Gasteiger partial charge >= 0.3 is 0 Å². The monoisotopic (exact) mass is 247 g/mol. The van der Waals surface area contributed by atoms with Crippen molar-refractivity contribution in [3.63, 3.8) is 0 Å². The number of benzene rings is 1. The molecule has 4 heteroatoms. The fraction of sp³-hybridized carbons (Fsp3) is 0.500. The summed E-state index contributed by atoms with van der Waals surface area (Å²) in [4.78, 5) is 15.8. The minimum atomic E-state index is 0.131. The van der Waals surface area contributed by atoms with E-state index in [0.29, 0.717) is 6.54 Å². The van der Waals surface area contributed by atoms with Crippen molar-refractivity contribution in [1.29, 1.82) is 0 Å². The number of amides is 1. The lowest BCUT2D eigenvalue weighted by molar-refractivity contribution is -0.118. The molecule has 0 aliphatic carbocycles. The Balaban J connectivity index is 2.25. The van der Waals surface area contributed by atoms with Crippen LogP contribution in [-0.2, 0) is 17.8 Å². The summed E-state index contributed by atoms with van der Waals surface area (Å²) in [5, 5.41) is 3.36. The van der Waals surface area contributed by atoms with Crippen molar-refractivity contribution in [1.82, 2.24) is 10.2 Å². The zero-order valence-corrected chi connectivity index (χ0v) is 11.4. The smallest absolute Gasteiger partial charge is 0.240 e. The first kappa shape index (κ1) is 13.1. The van der Waals surface area contributed by atoms with Gasteiger partial charge in [-0.3, -0.25) is 4.79 Å². The minimum Gasteiger partial charge on any atom is -0.314 e. The highest BCUT2D eigenvalue weighted by atomic mass is 16.2. The normalized spacial score (nSPS) is 14.4. The molecule has 2 rings (SSSR count). The molecule has 0 saturated heterocycles. The van der Waals surface area contributed by atoms with E-state index >= 15 is 0 Å². The predicted octanol–water partition coefficient (Wildman–Crippen LogP) is 0.857. The van der Waals surface area contributed by atoms with Gasteiger partial charge in [-0.25, -0.2) is 0 Å². The Bertz CT molecular complexity index is 443. The lowest BCUT2D eigenvalue weighted by Gasteiger charge is -2.26. The van der Waals surface area contributed by atoms with E-state index in [2.05, 4.69) is 11.4 Å². The number of hydrogen-bond donors (Lipinski definition) is 1. The third-order valence-corrected chi connectivity index (χ3v) is 3.30. The highest BCUT2D eigenvalue weighted by molar-refractivity contribution is 5.95. The van der Waals surface area contributed by atoms with Gasteiger partial charge < -0.3 is 15.1 Å². The summed E-state index contributed by atoms with van der Waals surface area (Å²) in [6, 6.07) is 6.20. The van der Waals surface area contributed by atoms with Crippen molar-refractivity contribution < 1.29 is 4.79 Å². The Labute approximate surface area is 109 Å². The molecule has 0 saturated carbocycles. The third kappa shape index (κ3) is 2.71. The second kappa shape index (κ2) is 5.50. The fourth-order valence-electron chi connectivity index (χ4n) is 2.34. The summed E-state index contributed by atoms with van der Waals surface area (Å²) in [5.41, 5.74) is 3.68. The van der Waals surface area contributed by atoms with Gasteiger partial charge in [0, 0.05) is 19.3 Å². The minimum absolute atomic E-state index is 0.131. The van der Waals surface area contributed by atoms with E-state index in [1.807, 2.05) is 38.2 Å². The lowest BCUT2D eigenvalue weighted by Crippen LogP contribution is -2.36. The Morgan fingerprint density at radius 3 is 2.83 bits per heavy atom. The highest BCUT2D eigenvalue weighted by Crippen LogP contribution is 2.25. The van der Waals surface area contributed by atoms with Gasteiger partial charge in [-0.1, -0.05) is 12.1 Å². The van der Waals surface area contributed by atoms with E-state index in [1.165, 1.54) is 11.1 Å². The molecule has 1 aromatic carbocycles. The third-order valence-electron chi connectivity index (χ3n) is 3.30. The zero-order chi connectivity index (χ0) is 13.1. The van der Waals surface area contributed by atoms with Crippen LogP contribution in [0.5, 0.6) is 0 Å². The summed E-state index contributed by atoms with van der Waals surface area (Å²) in [7, 11) is 5.69. The SMILES string of the molecule is CN(C)CC(=O)N(C)c1cccc2c1CCNC2. The molecule has 1 N–H and O–H groups in total. The molecule has 98 valence electrons. The van der Waals surface area contributed by atoms with Gasteiger partial charge in [-0.2, -0.15) is 0 Å². The summed E-state index contributed by atoms with van der Waals surface area (Å²) < 4.78 is 0. The second-order valence-corrected chi connectivity index (χ2v) is 5.03. The molecule has 0 bridgehead atoms. The van der Waals surface area contributed by atoms with Crippen LogP contribution in [0.1, 0.15) is 11.1 Å². The fourth-order valence-corrected chi connectivity index (χ4v) is 2.34. The second-order valence-electron chi connectivity index (χ2n) is 5.03. The molecular formula is C14H21N3O. The van der Waals surface area contributed by atoms with Gasteiger partial charge in [-0.05, 0) is 44.3 Å². The van der Waals surface area contributed by atoms with Crippen LogP contribution in [0.2, 0.25) is 0 Å². The number of nitrogens with zero attached hydrogens (tertiary/aromatic N) is 2. The molecule has 0 fully saturated rings. The highest BCUT2D eigenvalue weighted by Gasteiger charge is 2.18. The average Bonchev–Trinajstić information content (AvgIpc) is 2.36. The molecular weight excluding hydrogens is 226 g/mol. The Kier molecular flexibility index (Phi) is 3.99. The molecule has 1 heterocycles. The summed E-state index contributed by atoms with van der Waals surface area (Å²) in [6.07, 6.45) is 0.991. The Morgan fingerprint density at radius 1 is 1.33 bits per heavy atom. The predicted molar refractivity (Wildman–Crippen MR) is 73.8 cm³/mol. The number of hydrogen-bond acceptors (Lipinski definition) is 3. The van der Waals surface area contributed by atoms with Gasteiger partial charge in [0.25, 0.3) is 0 Å². The number of carbonyl (C=O) groups excluding carboxylic acids is 1. The van der Waals surface area contributed by atoms with Crippen molar-refractivity contribution in [2.45, 2.75) is 13.0 Å². The van der Waals surface area contributed by atoms with E-state index in [9.17, 15) is 4.79 Å². The van der Waals surface area contributed by atoms with Crippen molar-refractivity contribution in [3.8, 4) is 0 Å². The lowest BCUT2D eigenvalue weighted by atomic mass is 9.98. The number of nitrogens with one attached hydrogen (secondary N) is 1. The van der Waals surface area contributed by atoms with Crippen LogP contribution >= 0.6 is 0 Å². The van der Waals surface area contributed by atoms with E-state index in [4.69, 9.17) is 0 Å². The summed E-state index contributed by atoms with van der Waals surface area (Å²) >= 11 is 0. The maximum absolute atomic E-state index is 12.1. The molecule has 18 heavy (non-hydrogen) atoms. The van der Waals surface area contributed by atoms with Crippen LogP contribution in [0.15, 0.2) is 18.2 Å². The molecule has 1 aliphatic heterocycles. The van der Waals surface area contributed by atoms with Crippen LogP contribution < -0.4 is 10.2 Å². The van der Waals surface area contributed by atoms with Crippen molar-refractivity contribution >= 4 is 11.6 Å². The molecule has 1 aliphatic rings. The zero-order valence-electron chi connectivity index (χ0n) is 11.4. The van der Waals surface area contributed by atoms with Gasteiger partial charge in [0.05, 0.1) is 6.54 Å². The Hall–Kier alpha value is -1.39. The van der Waals surface area contributed by atoms with E-state index in [1.54, 1.807) is 4.90 Å². The number of fused-ring (bicyclic) bond motifs is 1. The van der Waals surface area contributed by atoms with Crippen LogP contribution in [0.3, 0.4) is 0 Å². The standard InChI is InChI=1S/C14H21N3O/c1-16(2)10-14(18)17(3)13-6-4-5-11-9-15-8-7-12(11)13/h4-6,15H,7-10H2,1-3H3. The number of anilines is 1. The number of rotatable bonds is 3. The topological polar surface area (TPSA) is 35.6 Å². The van der Waals surface area contributed by atoms with Crippen LogP contribution in [0.4, 0.5) is 5.69 Å². The van der Waals surface area contributed by atoms with Gasteiger partial charge in [0.2, 0.25) is 5.91 Å². The van der Waals surface area contributed by atoms with Gasteiger partial charge in [-0.15, -0.1) is 0 Å². The quantitative estimate of drug-likeness (QED) is 0.860. The molecule has 4 nitrogen and oxygen atoms in total. The summed E-state index contributed by atoms with van der Waals surface area (Å²) in [5.74, 6) is 0.131.